The molecule has 0 spiro atoms. The van der Waals surface area contributed by atoms with E-state index >= 15 is 4.39 Å². The summed E-state index contributed by atoms with van der Waals surface area (Å²) in [6.07, 6.45) is 6.65. The molecule has 0 N–H and O–H groups in total. The van der Waals surface area contributed by atoms with Crippen LogP contribution in [-0.4, -0.2) is 82.5 Å². The molecule has 5 heterocycles. The van der Waals surface area contributed by atoms with Crippen LogP contribution in [0.5, 0.6) is 11.8 Å². The number of halogens is 1. The predicted octanol–water partition coefficient (Wildman–Crippen LogP) is 6.62. The van der Waals surface area contributed by atoms with Gasteiger partial charge in [0.05, 0.1) is 24.1 Å². The number of benzene rings is 2. The van der Waals surface area contributed by atoms with Crippen molar-refractivity contribution in [2.75, 3.05) is 31.2 Å². The van der Waals surface area contributed by atoms with Gasteiger partial charge in [-0.15, -0.1) is 0 Å². The lowest BCUT2D eigenvalue weighted by molar-refractivity contribution is -0.109. The summed E-state index contributed by atoms with van der Waals surface area (Å²) >= 11 is 0. The van der Waals surface area contributed by atoms with Gasteiger partial charge in [-0.2, -0.15) is 9.97 Å². The number of hydrogen-bond acceptors (Lipinski definition) is 10. The highest BCUT2D eigenvalue weighted by Crippen LogP contribution is 2.41. The molecule has 7 rings (SSSR count). The van der Waals surface area contributed by atoms with Crippen molar-refractivity contribution in [2.45, 2.75) is 90.2 Å². The van der Waals surface area contributed by atoms with E-state index in [4.69, 9.17) is 23.9 Å². The Morgan fingerprint density at radius 2 is 1.90 bits per heavy atom. The van der Waals surface area contributed by atoms with Gasteiger partial charge < -0.3 is 23.8 Å². The summed E-state index contributed by atoms with van der Waals surface area (Å²) in [7, 11) is 0. The number of hydrogen-bond donors (Lipinski definition) is 0. The van der Waals surface area contributed by atoms with E-state index in [1.807, 2.05) is 60.9 Å². The molecule has 4 aromatic rings. The number of rotatable bonds is 8. The minimum absolute atomic E-state index is 0.0295. The molecule has 0 aliphatic carbocycles. The Hall–Kier alpha value is -4.58. The number of ether oxygens (including phenoxy) is 4. The maximum absolute atomic E-state index is 17.0. The van der Waals surface area contributed by atoms with E-state index in [0.29, 0.717) is 48.5 Å². The molecule has 1 unspecified atom stereocenters. The number of anilines is 1. The molecule has 258 valence electrons. The van der Waals surface area contributed by atoms with Gasteiger partial charge in [0.2, 0.25) is 0 Å². The Morgan fingerprint density at radius 3 is 2.59 bits per heavy atom. The van der Waals surface area contributed by atoms with E-state index in [1.165, 1.54) is 0 Å². The Morgan fingerprint density at radius 1 is 1.10 bits per heavy atom. The third-order valence-corrected chi connectivity index (χ3v) is 9.39. The van der Waals surface area contributed by atoms with Crippen molar-refractivity contribution in [2.24, 2.45) is 0 Å². The number of piperazine rings is 1. The van der Waals surface area contributed by atoms with Gasteiger partial charge in [-0.05, 0) is 81.3 Å². The van der Waals surface area contributed by atoms with Crippen LogP contribution in [0.4, 0.5) is 15.0 Å². The van der Waals surface area contributed by atoms with Gasteiger partial charge in [-0.25, -0.2) is 9.18 Å². The average molecular weight is 672 g/mol. The smallest absolute Gasteiger partial charge is 0.410 e. The molecule has 2 aromatic carbocycles. The lowest BCUT2D eigenvalue weighted by atomic mass is 9.95. The van der Waals surface area contributed by atoms with Crippen LogP contribution in [0.2, 0.25) is 0 Å². The number of aryl methyl sites for hydroxylation is 1. The second-order valence-electron chi connectivity index (χ2n) is 13.9. The second kappa shape index (κ2) is 13.4. The molecule has 1 amide bonds. The van der Waals surface area contributed by atoms with Crippen molar-refractivity contribution in [1.82, 2.24) is 19.9 Å². The van der Waals surface area contributed by atoms with Crippen molar-refractivity contribution in [3.8, 4) is 23.0 Å². The van der Waals surface area contributed by atoms with E-state index < -0.39 is 11.4 Å². The number of aromatic nitrogens is 3. The molecule has 0 saturated carbocycles. The zero-order chi connectivity index (χ0) is 34.3. The van der Waals surface area contributed by atoms with Crippen LogP contribution in [0.15, 0.2) is 36.5 Å². The molecule has 3 aliphatic rings. The topological polar surface area (TPSA) is 116 Å². The molecule has 3 fully saturated rings. The number of aldehydes is 1. The van der Waals surface area contributed by atoms with Crippen LogP contribution in [-0.2, 0) is 20.7 Å². The van der Waals surface area contributed by atoms with Crippen LogP contribution in [0.25, 0.3) is 32.9 Å². The molecule has 2 bridgehead atoms. The van der Waals surface area contributed by atoms with Crippen molar-refractivity contribution in [3.63, 3.8) is 0 Å². The van der Waals surface area contributed by atoms with Gasteiger partial charge in [0.25, 0.3) is 0 Å². The molecule has 3 atom stereocenters. The Kier molecular flexibility index (Phi) is 8.99. The number of fused-ring (bicyclic) bond motifs is 4. The highest BCUT2D eigenvalue weighted by Gasteiger charge is 2.45. The summed E-state index contributed by atoms with van der Waals surface area (Å²) in [5, 5.41) is 2.20. The molecule has 49 heavy (non-hydrogen) atoms. The number of nitrogens with zero attached hydrogens (tertiary/aromatic N) is 5. The molecule has 3 saturated heterocycles. The van der Waals surface area contributed by atoms with Crippen molar-refractivity contribution >= 4 is 39.9 Å². The molecule has 11 nitrogen and oxygen atoms in total. The Labute approximate surface area is 284 Å². The maximum atomic E-state index is 17.0. The summed E-state index contributed by atoms with van der Waals surface area (Å²) < 4.78 is 40.4. The van der Waals surface area contributed by atoms with Crippen LogP contribution < -0.4 is 14.4 Å². The largest absolute Gasteiger partial charge is 0.465 e. The number of amides is 1. The molecular weight excluding hydrogens is 629 g/mol. The fourth-order valence-electron chi connectivity index (χ4n) is 7.30. The monoisotopic (exact) mass is 671 g/mol. The van der Waals surface area contributed by atoms with Crippen molar-refractivity contribution in [3.05, 3.63) is 47.9 Å². The SMILES string of the molecule is CCc1cccc2cc(OC3CCCCO3)cc(-c3ncc4c(N5C[C@H]6CC[C@@H](C5)N6C(=O)OC(C)(C)C)nc(OCC=O)nc4c3F)c12. The molecule has 0 radical (unpaired) electrons. The first kappa shape index (κ1) is 32.9. The van der Waals surface area contributed by atoms with Gasteiger partial charge in [0.15, 0.2) is 18.4 Å². The van der Waals surface area contributed by atoms with Crippen molar-refractivity contribution < 1.29 is 32.9 Å². The Balaban J connectivity index is 1.31. The quantitative estimate of drug-likeness (QED) is 0.189. The second-order valence-corrected chi connectivity index (χ2v) is 13.9. The van der Waals surface area contributed by atoms with Gasteiger partial charge in [0, 0.05) is 31.3 Å². The number of carbonyl (C=O) groups excluding carboxylic acids is 2. The van der Waals surface area contributed by atoms with Gasteiger partial charge in [-0.1, -0.05) is 25.1 Å². The van der Waals surface area contributed by atoms with Gasteiger partial charge in [0.1, 0.15) is 35.0 Å². The fraction of sp³-hybridized carbons (Fsp3) is 0.486. The summed E-state index contributed by atoms with van der Waals surface area (Å²) in [6, 6.07) is 9.48. The third kappa shape index (κ3) is 6.58. The summed E-state index contributed by atoms with van der Waals surface area (Å²) in [5.74, 6) is 0.377. The highest BCUT2D eigenvalue weighted by atomic mass is 19.1. The number of pyridine rings is 1. The normalized spacial score (nSPS) is 20.9. The fourth-order valence-corrected chi connectivity index (χ4v) is 7.30. The molecular formula is C37H42FN5O6. The third-order valence-electron chi connectivity index (χ3n) is 9.39. The first-order valence-electron chi connectivity index (χ1n) is 17.2. The van der Waals surface area contributed by atoms with Crippen LogP contribution in [0, 0.1) is 5.82 Å². The van der Waals surface area contributed by atoms with Crippen LogP contribution in [0.3, 0.4) is 0 Å². The summed E-state index contributed by atoms with van der Waals surface area (Å²) in [4.78, 5) is 42.1. The lowest BCUT2D eigenvalue weighted by Gasteiger charge is -2.42. The molecule has 3 aliphatic heterocycles. The zero-order valence-corrected chi connectivity index (χ0v) is 28.4. The van der Waals surface area contributed by atoms with E-state index in [0.717, 1.165) is 54.9 Å². The highest BCUT2D eigenvalue weighted by molar-refractivity contribution is 6.01. The minimum Gasteiger partial charge on any atom is -0.465 e. The van der Waals surface area contributed by atoms with E-state index in [9.17, 15) is 9.59 Å². The van der Waals surface area contributed by atoms with E-state index in [2.05, 4.69) is 16.9 Å². The van der Waals surface area contributed by atoms with Gasteiger partial charge >= 0.3 is 12.1 Å². The zero-order valence-electron chi connectivity index (χ0n) is 28.4. The first-order chi connectivity index (χ1) is 23.6. The van der Waals surface area contributed by atoms with Crippen LogP contribution >= 0.6 is 0 Å². The molecule has 2 aromatic heterocycles. The van der Waals surface area contributed by atoms with Crippen molar-refractivity contribution in [1.29, 1.82) is 0 Å². The summed E-state index contributed by atoms with van der Waals surface area (Å²) in [5.41, 5.74) is 1.17. The minimum atomic E-state index is -0.634. The van der Waals surface area contributed by atoms with E-state index in [1.54, 1.807) is 6.20 Å². The average Bonchev–Trinajstić information content (AvgIpc) is 3.35. The summed E-state index contributed by atoms with van der Waals surface area (Å²) in [6.45, 7) is 8.91. The number of carbonyl (C=O) groups is 2. The molecule has 12 heteroatoms. The first-order valence-corrected chi connectivity index (χ1v) is 17.2. The predicted molar refractivity (Wildman–Crippen MR) is 182 cm³/mol. The standard InChI is InChI=1S/C37H42FN5O6/c1-5-22-9-8-10-23-17-26(48-29-11-6-7-15-46-29)18-27(30(22)23)32-31(38)33-28(19-39-32)34(41-35(40-33)47-16-14-44)42-20-24-12-13-25(21-42)43(24)36(45)49-37(2,3)4/h8-10,14,17-19,24-25,29H,5-7,11-13,15-16,20-21H2,1-4H3/t24-,25+,29?. The maximum Gasteiger partial charge on any atom is 0.410 e. The van der Waals surface area contributed by atoms with Gasteiger partial charge in [-0.3, -0.25) is 14.7 Å². The Bertz CT molecular complexity index is 1880. The van der Waals surface area contributed by atoms with E-state index in [-0.39, 0.29) is 48.3 Å². The van der Waals surface area contributed by atoms with Crippen LogP contribution in [0.1, 0.15) is 65.4 Å². The lowest BCUT2D eigenvalue weighted by Crippen LogP contribution is -2.57.